The number of nitriles is 1. The average Bonchev–Trinajstić information content (AvgIpc) is 1.90. The SMILES string of the molecule is N#CC1C=NC=CN1. The molecule has 1 aliphatic heterocycles. The molecule has 1 heterocycles. The van der Waals surface area contributed by atoms with E-state index in [9.17, 15) is 0 Å². The van der Waals surface area contributed by atoms with Gasteiger partial charge in [0.1, 0.15) is 6.04 Å². The fraction of sp³-hybridized carbons (Fsp3) is 0.200. The molecule has 0 aromatic carbocycles. The minimum Gasteiger partial charge on any atom is -0.370 e. The normalized spacial score (nSPS) is 24.1. The summed E-state index contributed by atoms with van der Waals surface area (Å²) in [6, 6.07) is 1.76. The van der Waals surface area contributed by atoms with Crippen LogP contribution >= 0.6 is 0 Å². The van der Waals surface area contributed by atoms with Gasteiger partial charge in [0.25, 0.3) is 0 Å². The fourth-order valence-electron chi connectivity index (χ4n) is 0.439. The van der Waals surface area contributed by atoms with E-state index in [2.05, 4.69) is 10.3 Å². The Labute approximate surface area is 47.3 Å². The zero-order valence-electron chi connectivity index (χ0n) is 4.20. The number of nitrogens with zero attached hydrogens (tertiary/aromatic N) is 2. The van der Waals surface area contributed by atoms with Gasteiger partial charge in [0.2, 0.25) is 0 Å². The van der Waals surface area contributed by atoms with Gasteiger partial charge in [0.15, 0.2) is 0 Å². The summed E-state index contributed by atoms with van der Waals surface area (Å²) in [5, 5.41) is 11.0. The summed E-state index contributed by atoms with van der Waals surface area (Å²) in [5.74, 6) is 0. The Bertz CT molecular complexity index is 163. The Kier molecular flexibility index (Phi) is 1.29. The van der Waals surface area contributed by atoms with Crippen molar-refractivity contribution in [3.63, 3.8) is 0 Å². The third kappa shape index (κ3) is 0.850. The van der Waals surface area contributed by atoms with E-state index in [0.29, 0.717) is 0 Å². The molecule has 0 aliphatic carbocycles. The lowest BCUT2D eigenvalue weighted by Crippen LogP contribution is -2.25. The smallest absolute Gasteiger partial charge is 0.150 e. The van der Waals surface area contributed by atoms with Gasteiger partial charge in [-0.05, 0) is 0 Å². The molecule has 3 heteroatoms. The predicted molar refractivity (Wildman–Crippen MR) is 30.2 cm³/mol. The zero-order valence-corrected chi connectivity index (χ0v) is 4.20. The van der Waals surface area contributed by atoms with Crippen molar-refractivity contribution in [3.8, 4) is 6.07 Å². The molecule has 0 spiro atoms. The highest BCUT2D eigenvalue weighted by molar-refractivity contribution is 5.69. The van der Waals surface area contributed by atoms with Gasteiger partial charge >= 0.3 is 0 Å². The molecule has 1 unspecified atom stereocenters. The van der Waals surface area contributed by atoms with Gasteiger partial charge in [-0.25, -0.2) is 0 Å². The number of nitrogens with one attached hydrogen (secondary N) is 1. The molecule has 0 fully saturated rings. The second kappa shape index (κ2) is 2.12. The van der Waals surface area contributed by atoms with E-state index in [-0.39, 0.29) is 6.04 Å². The Morgan fingerprint density at radius 1 is 1.75 bits per heavy atom. The number of hydrogen-bond donors (Lipinski definition) is 1. The summed E-state index contributed by atoms with van der Waals surface area (Å²) >= 11 is 0. The molecule has 8 heavy (non-hydrogen) atoms. The Balaban J connectivity index is 2.55. The minimum atomic E-state index is -0.236. The van der Waals surface area contributed by atoms with Crippen LogP contribution in [0.2, 0.25) is 0 Å². The Hall–Kier alpha value is -1.30. The van der Waals surface area contributed by atoms with Crippen molar-refractivity contribution >= 4 is 6.21 Å². The van der Waals surface area contributed by atoms with Gasteiger partial charge in [-0.15, -0.1) is 0 Å². The first kappa shape index (κ1) is 4.85. The number of hydrogen-bond acceptors (Lipinski definition) is 3. The summed E-state index contributed by atoms with van der Waals surface area (Å²) in [7, 11) is 0. The van der Waals surface area contributed by atoms with Crippen LogP contribution in [0, 0.1) is 11.3 Å². The van der Waals surface area contributed by atoms with Crippen LogP contribution in [0.1, 0.15) is 0 Å². The van der Waals surface area contributed by atoms with E-state index >= 15 is 0 Å². The zero-order chi connectivity index (χ0) is 5.82. The highest BCUT2D eigenvalue weighted by atomic mass is 14.9. The van der Waals surface area contributed by atoms with Crippen LogP contribution in [0.25, 0.3) is 0 Å². The van der Waals surface area contributed by atoms with Gasteiger partial charge in [-0.3, -0.25) is 4.99 Å². The van der Waals surface area contributed by atoms with E-state index < -0.39 is 0 Å². The molecule has 1 N–H and O–H groups in total. The lowest BCUT2D eigenvalue weighted by atomic mass is 10.3. The monoisotopic (exact) mass is 107 g/mol. The van der Waals surface area contributed by atoms with Crippen LogP contribution < -0.4 is 5.32 Å². The van der Waals surface area contributed by atoms with Crippen LogP contribution in [-0.2, 0) is 0 Å². The predicted octanol–water partition coefficient (Wildman–Crippen LogP) is 0.0238. The molecule has 0 radical (unpaired) electrons. The van der Waals surface area contributed by atoms with Crippen molar-refractivity contribution in [1.29, 1.82) is 5.26 Å². The maximum Gasteiger partial charge on any atom is 0.150 e. The largest absolute Gasteiger partial charge is 0.370 e. The van der Waals surface area contributed by atoms with E-state index in [4.69, 9.17) is 5.26 Å². The minimum absolute atomic E-state index is 0.236. The molecular weight excluding hydrogens is 102 g/mol. The molecule has 0 aromatic rings. The van der Waals surface area contributed by atoms with Gasteiger partial charge < -0.3 is 5.32 Å². The van der Waals surface area contributed by atoms with E-state index in [1.54, 1.807) is 18.6 Å². The molecule has 0 amide bonds. The third-order valence-corrected chi connectivity index (χ3v) is 0.811. The summed E-state index contributed by atoms with van der Waals surface area (Å²) in [4.78, 5) is 3.74. The molecule has 0 saturated heterocycles. The van der Waals surface area contributed by atoms with Gasteiger partial charge in [-0.1, -0.05) is 0 Å². The first-order valence-electron chi connectivity index (χ1n) is 2.27. The Morgan fingerprint density at radius 2 is 2.62 bits per heavy atom. The van der Waals surface area contributed by atoms with Crippen LogP contribution in [-0.4, -0.2) is 12.3 Å². The van der Waals surface area contributed by atoms with Crippen molar-refractivity contribution in [2.45, 2.75) is 6.04 Å². The molecule has 3 nitrogen and oxygen atoms in total. The van der Waals surface area contributed by atoms with Crippen LogP contribution in [0.3, 0.4) is 0 Å². The lowest BCUT2D eigenvalue weighted by molar-refractivity contribution is 0.883. The quantitative estimate of drug-likeness (QED) is 0.474. The van der Waals surface area contributed by atoms with E-state index in [1.165, 1.54) is 0 Å². The molecule has 40 valence electrons. The van der Waals surface area contributed by atoms with Crippen LogP contribution in [0.5, 0.6) is 0 Å². The molecule has 0 bridgehead atoms. The Morgan fingerprint density at radius 3 is 3.00 bits per heavy atom. The van der Waals surface area contributed by atoms with Gasteiger partial charge in [0.05, 0.1) is 6.07 Å². The maximum absolute atomic E-state index is 8.25. The molecule has 0 aromatic heterocycles. The van der Waals surface area contributed by atoms with Crippen molar-refractivity contribution in [1.82, 2.24) is 5.32 Å². The first-order valence-corrected chi connectivity index (χ1v) is 2.27. The summed E-state index contributed by atoms with van der Waals surface area (Å²) < 4.78 is 0. The number of rotatable bonds is 0. The van der Waals surface area contributed by atoms with Crippen LogP contribution in [0.15, 0.2) is 17.4 Å². The second-order valence-corrected chi connectivity index (χ2v) is 1.39. The number of aliphatic imine (C=N–C) groups is 1. The fourth-order valence-corrected chi connectivity index (χ4v) is 0.439. The first-order chi connectivity index (χ1) is 3.93. The summed E-state index contributed by atoms with van der Waals surface area (Å²) in [5.41, 5.74) is 0. The van der Waals surface area contributed by atoms with Crippen molar-refractivity contribution in [3.05, 3.63) is 12.4 Å². The molecule has 1 rings (SSSR count). The molecular formula is C5H5N3. The average molecular weight is 107 g/mol. The van der Waals surface area contributed by atoms with E-state index in [1.807, 2.05) is 6.07 Å². The van der Waals surface area contributed by atoms with Crippen molar-refractivity contribution < 1.29 is 0 Å². The molecule has 1 aliphatic rings. The molecule has 0 saturated carbocycles. The van der Waals surface area contributed by atoms with Crippen molar-refractivity contribution in [2.24, 2.45) is 4.99 Å². The van der Waals surface area contributed by atoms with E-state index in [0.717, 1.165) is 0 Å². The maximum atomic E-state index is 8.25. The third-order valence-electron chi connectivity index (χ3n) is 0.811. The van der Waals surface area contributed by atoms with Crippen LogP contribution in [0.4, 0.5) is 0 Å². The van der Waals surface area contributed by atoms with Crippen molar-refractivity contribution in [2.75, 3.05) is 0 Å². The standard InChI is InChI=1S/C5H5N3/c6-3-5-4-7-1-2-8-5/h1-2,4-5,8H. The van der Waals surface area contributed by atoms with Gasteiger partial charge in [0, 0.05) is 18.6 Å². The summed E-state index contributed by atoms with van der Waals surface area (Å²) in [6.45, 7) is 0. The molecule has 1 atom stereocenters. The second-order valence-electron chi connectivity index (χ2n) is 1.39. The summed E-state index contributed by atoms with van der Waals surface area (Å²) in [6.07, 6.45) is 4.81. The lowest BCUT2D eigenvalue weighted by Gasteiger charge is -2.03. The van der Waals surface area contributed by atoms with Gasteiger partial charge in [-0.2, -0.15) is 5.26 Å². The highest BCUT2D eigenvalue weighted by Crippen LogP contribution is 1.83. The topological polar surface area (TPSA) is 48.2 Å². The highest BCUT2D eigenvalue weighted by Gasteiger charge is 1.98.